The van der Waals surface area contributed by atoms with E-state index in [-0.39, 0.29) is 27.9 Å². The molecule has 0 radical (unpaired) electrons. The number of carbonyl (C=O) groups excluding carboxylic acids is 1. The predicted octanol–water partition coefficient (Wildman–Crippen LogP) is 4.53. The number of aliphatic hydroxyl groups is 1. The molecule has 0 spiro atoms. The van der Waals surface area contributed by atoms with E-state index in [2.05, 4.69) is 4.98 Å². The van der Waals surface area contributed by atoms with E-state index in [4.69, 9.17) is 11.1 Å². The smallest absolute Gasteiger partial charge is 0.334 e. The number of fused-ring (bicyclic) bond motifs is 4. The van der Waals surface area contributed by atoms with Crippen LogP contribution in [0.25, 0.3) is 27.5 Å². The Morgan fingerprint density at radius 1 is 1.24 bits per heavy atom. The number of carbonyl (C=O) groups is 1. The van der Waals surface area contributed by atoms with Crippen LogP contribution >= 0.6 is 0 Å². The Kier molecular flexibility index (Phi) is 6.38. The van der Waals surface area contributed by atoms with Crippen molar-refractivity contribution in [3.8, 4) is 0 Å². The second-order valence-electron chi connectivity index (χ2n) is 12.0. The van der Waals surface area contributed by atoms with Gasteiger partial charge in [-0.25, -0.2) is 18.1 Å². The molecule has 6 rings (SSSR count). The molecule has 2 unspecified atom stereocenters. The quantitative estimate of drug-likeness (QED) is 0.286. The zero-order valence-electron chi connectivity index (χ0n) is 23.9. The molecular formula is C32H33F2N5O3. The molecule has 2 aliphatic carbocycles. The van der Waals surface area contributed by atoms with Gasteiger partial charge in [0.05, 0.1) is 27.9 Å². The Morgan fingerprint density at radius 3 is 2.67 bits per heavy atom. The van der Waals surface area contributed by atoms with Gasteiger partial charge in [0.2, 0.25) is 0 Å². The van der Waals surface area contributed by atoms with Gasteiger partial charge in [-0.3, -0.25) is 14.8 Å². The third-order valence-electron chi connectivity index (χ3n) is 9.16. The molecule has 218 valence electrons. The largest absolute Gasteiger partial charge is 0.390 e. The molecule has 5 N–H and O–H groups in total. The van der Waals surface area contributed by atoms with E-state index < -0.39 is 34.8 Å². The average molecular weight is 574 g/mol. The minimum Gasteiger partial charge on any atom is -0.390 e. The molecule has 2 aliphatic rings. The number of allylic oxidation sites excluding steroid dienone is 4. The molecule has 42 heavy (non-hydrogen) atoms. The van der Waals surface area contributed by atoms with E-state index >= 15 is 4.39 Å². The number of para-hydroxylation sites is 1. The fraction of sp³-hybridized carbons (Fsp3) is 0.344. The number of aromatic amines is 1. The first-order valence-corrected chi connectivity index (χ1v) is 14.0. The standard InChI is InChI=1S/C32H33F2N5O3/c1-15-17(7-6-10-24(15)39-29(35)19-8-5-9-21(33)28(19)38(4)31(39)41)25-22(34)14-20(30(36)40)27-26(25)18-12-11-16(32(2,3)42)13-23(18)37-27/h5-6,8-10,14,16-17,35,37,42H,7,11-13H2,1-4H3,(H2,36,40). The summed E-state index contributed by atoms with van der Waals surface area (Å²) in [5.74, 6) is -2.46. The Labute approximate surface area is 240 Å². The van der Waals surface area contributed by atoms with Gasteiger partial charge in [0, 0.05) is 35.0 Å². The Bertz CT molecular complexity index is 2010. The number of benzene rings is 2. The van der Waals surface area contributed by atoms with Crippen LogP contribution in [0.4, 0.5) is 8.78 Å². The van der Waals surface area contributed by atoms with Gasteiger partial charge >= 0.3 is 5.69 Å². The molecule has 0 saturated carbocycles. The summed E-state index contributed by atoms with van der Waals surface area (Å²) in [4.78, 5) is 29.3. The number of hydrogen-bond acceptors (Lipinski definition) is 4. The van der Waals surface area contributed by atoms with Gasteiger partial charge in [-0.1, -0.05) is 12.1 Å². The number of rotatable bonds is 4. The van der Waals surface area contributed by atoms with Gasteiger partial charge in [0.15, 0.2) is 0 Å². The number of nitrogens with two attached hydrogens (primary N) is 1. The number of nitrogens with one attached hydrogen (secondary N) is 2. The fourth-order valence-electron chi connectivity index (χ4n) is 6.86. The summed E-state index contributed by atoms with van der Waals surface area (Å²) in [5, 5.41) is 20.4. The molecule has 2 heterocycles. The maximum absolute atomic E-state index is 16.2. The summed E-state index contributed by atoms with van der Waals surface area (Å²) >= 11 is 0. The van der Waals surface area contributed by atoms with Crippen molar-refractivity contribution < 1.29 is 18.7 Å². The van der Waals surface area contributed by atoms with Crippen LogP contribution in [0.5, 0.6) is 0 Å². The molecule has 8 nitrogen and oxygen atoms in total. The Hall–Kier alpha value is -4.31. The minimum atomic E-state index is -0.905. The van der Waals surface area contributed by atoms with Crippen molar-refractivity contribution in [2.75, 3.05) is 0 Å². The number of halogens is 2. The van der Waals surface area contributed by atoms with Crippen LogP contribution in [-0.4, -0.2) is 30.7 Å². The maximum atomic E-state index is 16.2. The summed E-state index contributed by atoms with van der Waals surface area (Å²) in [6, 6.07) is 5.50. The Balaban J connectivity index is 1.60. The lowest BCUT2D eigenvalue weighted by atomic mass is 9.76. The van der Waals surface area contributed by atoms with Crippen LogP contribution < -0.4 is 16.9 Å². The highest BCUT2D eigenvalue weighted by Crippen LogP contribution is 2.45. The van der Waals surface area contributed by atoms with Gasteiger partial charge in [0.1, 0.15) is 17.1 Å². The third kappa shape index (κ3) is 4.07. The van der Waals surface area contributed by atoms with Gasteiger partial charge < -0.3 is 15.8 Å². The van der Waals surface area contributed by atoms with E-state index in [9.17, 15) is 19.1 Å². The van der Waals surface area contributed by atoms with Crippen molar-refractivity contribution in [1.82, 2.24) is 14.1 Å². The molecule has 0 saturated heterocycles. The number of aromatic nitrogens is 3. The van der Waals surface area contributed by atoms with Crippen molar-refractivity contribution in [3.63, 3.8) is 0 Å². The number of H-pyrrole nitrogens is 1. The molecule has 0 bridgehead atoms. The molecule has 0 aliphatic heterocycles. The van der Waals surface area contributed by atoms with Crippen LogP contribution in [0, 0.1) is 23.0 Å². The van der Waals surface area contributed by atoms with Gasteiger partial charge in [-0.2, -0.15) is 0 Å². The highest BCUT2D eigenvalue weighted by Gasteiger charge is 2.35. The van der Waals surface area contributed by atoms with E-state index in [1.165, 1.54) is 34.4 Å². The van der Waals surface area contributed by atoms with Crippen LogP contribution in [0.1, 0.15) is 66.7 Å². The van der Waals surface area contributed by atoms with E-state index in [1.807, 2.05) is 13.0 Å². The number of primary amides is 1. The van der Waals surface area contributed by atoms with Crippen molar-refractivity contribution >= 4 is 33.4 Å². The SMILES string of the molecule is CC1=C(n2c(=N)c3cccc(F)c3n(C)c2=O)C=CCC1c1c(F)cc(C(N)=O)c2[nH]c3c(c12)CCC(C(C)(C)O)C3. The third-order valence-corrected chi connectivity index (χ3v) is 9.16. The molecule has 0 fully saturated rings. The summed E-state index contributed by atoms with van der Waals surface area (Å²) in [5.41, 5.74) is 7.80. The van der Waals surface area contributed by atoms with Gasteiger partial charge in [-0.15, -0.1) is 0 Å². The molecule has 1 amide bonds. The Morgan fingerprint density at radius 2 is 1.98 bits per heavy atom. The average Bonchev–Trinajstić information content (AvgIpc) is 3.30. The van der Waals surface area contributed by atoms with Crippen LogP contribution in [-0.2, 0) is 19.9 Å². The number of aryl methyl sites for hydroxylation is 2. The minimum absolute atomic E-state index is 0.0185. The zero-order valence-corrected chi connectivity index (χ0v) is 23.9. The van der Waals surface area contributed by atoms with Crippen molar-refractivity contribution in [2.45, 2.75) is 58.0 Å². The lowest BCUT2D eigenvalue weighted by molar-refractivity contribution is 0.0107. The lowest BCUT2D eigenvalue weighted by Gasteiger charge is -2.32. The highest BCUT2D eigenvalue weighted by molar-refractivity contribution is 6.07. The second-order valence-corrected chi connectivity index (χ2v) is 12.0. The molecule has 2 aromatic heterocycles. The molecule has 2 atom stereocenters. The first-order valence-electron chi connectivity index (χ1n) is 14.0. The van der Waals surface area contributed by atoms with Crippen LogP contribution in [0.3, 0.4) is 0 Å². The normalized spacial score (nSPS) is 19.1. The number of nitrogens with zero attached hydrogens (tertiary/aromatic N) is 2. The van der Waals surface area contributed by atoms with Crippen LogP contribution in [0.2, 0.25) is 0 Å². The molecular weight excluding hydrogens is 540 g/mol. The van der Waals surface area contributed by atoms with Crippen molar-refractivity contribution in [1.29, 1.82) is 5.41 Å². The maximum Gasteiger partial charge on any atom is 0.334 e. The summed E-state index contributed by atoms with van der Waals surface area (Å²) in [6.45, 7) is 5.36. The van der Waals surface area contributed by atoms with E-state index in [0.29, 0.717) is 53.4 Å². The highest BCUT2D eigenvalue weighted by atomic mass is 19.1. The predicted molar refractivity (Wildman–Crippen MR) is 157 cm³/mol. The van der Waals surface area contributed by atoms with Crippen LogP contribution in [0.15, 0.2) is 46.8 Å². The zero-order chi connectivity index (χ0) is 30.2. The topological polar surface area (TPSA) is 130 Å². The number of amides is 1. The summed E-state index contributed by atoms with van der Waals surface area (Å²) < 4.78 is 33.2. The monoisotopic (exact) mass is 573 g/mol. The van der Waals surface area contributed by atoms with E-state index in [1.54, 1.807) is 26.0 Å². The fourth-order valence-corrected chi connectivity index (χ4v) is 6.86. The second kappa shape index (κ2) is 9.62. The van der Waals surface area contributed by atoms with E-state index in [0.717, 1.165) is 11.3 Å². The first-order chi connectivity index (χ1) is 19.8. The van der Waals surface area contributed by atoms with Crippen molar-refractivity contribution in [3.05, 3.63) is 92.0 Å². The molecule has 10 heteroatoms. The molecule has 4 aromatic rings. The van der Waals surface area contributed by atoms with Gasteiger partial charge in [-0.05, 0) is 87.8 Å². The lowest BCUT2D eigenvalue weighted by Crippen LogP contribution is -2.39. The summed E-state index contributed by atoms with van der Waals surface area (Å²) in [6.07, 6.45) is 5.82. The molecule has 2 aromatic carbocycles. The first kappa shape index (κ1) is 27.8. The number of hydrogen-bond donors (Lipinski definition) is 4. The van der Waals surface area contributed by atoms with Gasteiger partial charge in [0.25, 0.3) is 5.91 Å². The summed E-state index contributed by atoms with van der Waals surface area (Å²) in [7, 11) is 1.46. The van der Waals surface area contributed by atoms with Crippen molar-refractivity contribution in [2.24, 2.45) is 18.7 Å².